The van der Waals surface area contributed by atoms with Crippen LogP contribution in [0.4, 0.5) is 0 Å². The molecule has 1 N–H and O–H groups in total. The minimum atomic E-state index is 0.0309. The van der Waals surface area contributed by atoms with Crippen molar-refractivity contribution < 1.29 is 5.11 Å². The molecule has 50 valence electrons. The van der Waals surface area contributed by atoms with Gasteiger partial charge in [0.15, 0.2) is 0 Å². The standard InChI is InChI=1S/C6H10N2O/c1-2-6-7-3-4-8(6)5-9/h3-4,9H,2,5H2,1H3. The average molecular weight is 126 g/mol. The molecule has 1 aromatic heterocycles. The number of imidazole rings is 1. The van der Waals surface area contributed by atoms with E-state index in [2.05, 4.69) is 4.98 Å². The Bertz CT molecular complexity index is 164. The van der Waals surface area contributed by atoms with Crippen molar-refractivity contribution in [1.29, 1.82) is 0 Å². The van der Waals surface area contributed by atoms with Gasteiger partial charge in [-0.1, -0.05) is 6.92 Å². The van der Waals surface area contributed by atoms with Crippen LogP contribution >= 0.6 is 0 Å². The van der Waals surface area contributed by atoms with Crippen molar-refractivity contribution in [2.24, 2.45) is 0 Å². The fraction of sp³-hybridized carbons (Fsp3) is 0.500. The molecule has 0 spiro atoms. The largest absolute Gasteiger partial charge is 0.376 e. The molecule has 0 saturated carbocycles. The molecule has 1 rings (SSSR count). The van der Waals surface area contributed by atoms with Crippen molar-refractivity contribution >= 4 is 0 Å². The van der Waals surface area contributed by atoms with Gasteiger partial charge in [-0.05, 0) is 0 Å². The number of hydrogen-bond donors (Lipinski definition) is 1. The maximum absolute atomic E-state index is 8.66. The number of rotatable bonds is 2. The van der Waals surface area contributed by atoms with Crippen LogP contribution in [0.5, 0.6) is 0 Å². The molecule has 0 aliphatic carbocycles. The van der Waals surface area contributed by atoms with Gasteiger partial charge < -0.3 is 9.67 Å². The molecule has 0 aromatic carbocycles. The van der Waals surface area contributed by atoms with E-state index in [-0.39, 0.29) is 6.73 Å². The molecule has 0 unspecified atom stereocenters. The zero-order valence-electron chi connectivity index (χ0n) is 5.41. The number of aromatic nitrogens is 2. The first-order valence-electron chi connectivity index (χ1n) is 2.99. The van der Waals surface area contributed by atoms with Gasteiger partial charge in [-0.2, -0.15) is 0 Å². The summed E-state index contributed by atoms with van der Waals surface area (Å²) < 4.78 is 1.71. The summed E-state index contributed by atoms with van der Waals surface area (Å²) in [4.78, 5) is 4.01. The lowest BCUT2D eigenvalue weighted by Crippen LogP contribution is -2.00. The Morgan fingerprint density at radius 2 is 2.56 bits per heavy atom. The molecule has 3 heteroatoms. The molecule has 0 aliphatic heterocycles. The second-order valence-corrected chi connectivity index (χ2v) is 1.81. The minimum Gasteiger partial charge on any atom is -0.376 e. The van der Waals surface area contributed by atoms with Gasteiger partial charge in [-0.15, -0.1) is 0 Å². The molecule has 0 fully saturated rings. The van der Waals surface area contributed by atoms with Gasteiger partial charge in [0.25, 0.3) is 0 Å². The summed E-state index contributed by atoms with van der Waals surface area (Å²) in [5.41, 5.74) is 0. The zero-order chi connectivity index (χ0) is 6.69. The van der Waals surface area contributed by atoms with Gasteiger partial charge in [0.1, 0.15) is 12.6 Å². The number of nitrogens with zero attached hydrogens (tertiary/aromatic N) is 2. The number of hydrogen-bond acceptors (Lipinski definition) is 2. The molecule has 0 bridgehead atoms. The highest BCUT2D eigenvalue weighted by atomic mass is 16.3. The lowest BCUT2D eigenvalue weighted by atomic mass is 10.5. The fourth-order valence-corrected chi connectivity index (χ4v) is 0.783. The normalized spacial score (nSPS) is 10.0. The van der Waals surface area contributed by atoms with Gasteiger partial charge >= 0.3 is 0 Å². The molecular formula is C6H10N2O. The predicted molar refractivity (Wildman–Crippen MR) is 33.8 cm³/mol. The lowest BCUT2D eigenvalue weighted by Gasteiger charge is -1.98. The Morgan fingerprint density at radius 1 is 1.78 bits per heavy atom. The summed E-state index contributed by atoms with van der Waals surface area (Å²) in [6.07, 6.45) is 4.32. The van der Waals surface area contributed by atoms with E-state index < -0.39 is 0 Å². The Morgan fingerprint density at radius 3 is 3.00 bits per heavy atom. The van der Waals surface area contributed by atoms with E-state index in [9.17, 15) is 0 Å². The minimum absolute atomic E-state index is 0.0309. The Kier molecular flexibility index (Phi) is 1.85. The predicted octanol–water partition coefficient (Wildman–Crippen LogP) is 0.395. The average Bonchev–Trinajstić information content (AvgIpc) is 2.33. The number of aliphatic hydroxyl groups is 1. The summed E-state index contributed by atoms with van der Waals surface area (Å²) in [5.74, 6) is 0.928. The van der Waals surface area contributed by atoms with Gasteiger partial charge in [0.2, 0.25) is 0 Å². The molecule has 0 saturated heterocycles. The molecule has 0 radical (unpaired) electrons. The van der Waals surface area contributed by atoms with E-state index in [0.29, 0.717) is 0 Å². The molecular weight excluding hydrogens is 116 g/mol. The topological polar surface area (TPSA) is 38.0 Å². The first-order chi connectivity index (χ1) is 4.38. The first-order valence-corrected chi connectivity index (χ1v) is 2.99. The van der Waals surface area contributed by atoms with Crippen molar-refractivity contribution in [3.63, 3.8) is 0 Å². The van der Waals surface area contributed by atoms with E-state index in [1.54, 1.807) is 17.0 Å². The van der Waals surface area contributed by atoms with Crippen LogP contribution < -0.4 is 0 Å². The summed E-state index contributed by atoms with van der Waals surface area (Å²) in [7, 11) is 0. The monoisotopic (exact) mass is 126 g/mol. The van der Waals surface area contributed by atoms with Crippen molar-refractivity contribution in [3.8, 4) is 0 Å². The first kappa shape index (κ1) is 6.29. The van der Waals surface area contributed by atoms with E-state index >= 15 is 0 Å². The second kappa shape index (κ2) is 2.64. The van der Waals surface area contributed by atoms with Crippen LogP contribution in [0.25, 0.3) is 0 Å². The lowest BCUT2D eigenvalue weighted by molar-refractivity contribution is 0.206. The van der Waals surface area contributed by atoms with Crippen LogP contribution in [0.2, 0.25) is 0 Å². The summed E-state index contributed by atoms with van der Waals surface area (Å²) in [6, 6.07) is 0. The van der Waals surface area contributed by atoms with Gasteiger partial charge in [-0.25, -0.2) is 4.98 Å². The summed E-state index contributed by atoms with van der Waals surface area (Å²) in [6.45, 7) is 2.04. The van der Waals surface area contributed by atoms with Crippen LogP contribution in [-0.2, 0) is 13.2 Å². The van der Waals surface area contributed by atoms with E-state index in [1.807, 2.05) is 6.92 Å². The maximum Gasteiger partial charge on any atom is 0.120 e. The highest BCUT2D eigenvalue weighted by Crippen LogP contribution is 1.95. The van der Waals surface area contributed by atoms with Crippen LogP contribution in [0.1, 0.15) is 12.7 Å². The summed E-state index contributed by atoms with van der Waals surface area (Å²) in [5, 5.41) is 8.66. The Balaban J connectivity index is 2.85. The number of aliphatic hydroxyl groups excluding tert-OH is 1. The third kappa shape index (κ3) is 1.10. The quantitative estimate of drug-likeness (QED) is 0.622. The third-order valence-electron chi connectivity index (χ3n) is 1.27. The second-order valence-electron chi connectivity index (χ2n) is 1.81. The van der Waals surface area contributed by atoms with E-state index in [0.717, 1.165) is 12.2 Å². The number of aryl methyl sites for hydroxylation is 1. The van der Waals surface area contributed by atoms with Crippen LogP contribution in [0.15, 0.2) is 12.4 Å². The molecule has 0 atom stereocenters. The van der Waals surface area contributed by atoms with Crippen LogP contribution in [0.3, 0.4) is 0 Å². The smallest absolute Gasteiger partial charge is 0.120 e. The molecule has 3 nitrogen and oxygen atoms in total. The Labute approximate surface area is 54.0 Å². The Hall–Kier alpha value is -0.830. The summed E-state index contributed by atoms with van der Waals surface area (Å²) >= 11 is 0. The zero-order valence-corrected chi connectivity index (χ0v) is 5.41. The molecule has 1 heterocycles. The highest BCUT2D eigenvalue weighted by molar-refractivity contribution is 4.90. The van der Waals surface area contributed by atoms with Crippen molar-refractivity contribution in [1.82, 2.24) is 9.55 Å². The molecule has 9 heavy (non-hydrogen) atoms. The fourth-order valence-electron chi connectivity index (χ4n) is 0.783. The van der Waals surface area contributed by atoms with Crippen molar-refractivity contribution in [2.75, 3.05) is 0 Å². The van der Waals surface area contributed by atoms with Crippen molar-refractivity contribution in [3.05, 3.63) is 18.2 Å². The third-order valence-corrected chi connectivity index (χ3v) is 1.27. The van der Waals surface area contributed by atoms with Gasteiger partial charge in [-0.3, -0.25) is 0 Å². The molecule has 0 aliphatic rings. The SMILES string of the molecule is CCc1nccn1CO. The van der Waals surface area contributed by atoms with Gasteiger partial charge in [0, 0.05) is 18.8 Å². The van der Waals surface area contributed by atoms with E-state index in [4.69, 9.17) is 5.11 Å². The highest BCUT2D eigenvalue weighted by Gasteiger charge is 1.94. The van der Waals surface area contributed by atoms with Crippen LogP contribution in [-0.4, -0.2) is 14.7 Å². The molecule has 0 amide bonds. The van der Waals surface area contributed by atoms with Gasteiger partial charge in [0.05, 0.1) is 0 Å². The molecule has 1 aromatic rings. The van der Waals surface area contributed by atoms with E-state index in [1.165, 1.54) is 0 Å². The van der Waals surface area contributed by atoms with Crippen LogP contribution in [0, 0.1) is 0 Å². The maximum atomic E-state index is 8.66. The van der Waals surface area contributed by atoms with Crippen molar-refractivity contribution in [2.45, 2.75) is 20.1 Å².